The molecule has 2 aromatic carbocycles. The van der Waals surface area contributed by atoms with Crippen LogP contribution in [0.25, 0.3) is 44.6 Å². The van der Waals surface area contributed by atoms with E-state index in [0.717, 1.165) is 46.1 Å². The summed E-state index contributed by atoms with van der Waals surface area (Å²) in [6, 6.07) is 19.2. The maximum atomic E-state index is 6.17. The monoisotopic (exact) mass is 404 g/mol. The molecule has 31 heavy (non-hydrogen) atoms. The summed E-state index contributed by atoms with van der Waals surface area (Å²) in [6.45, 7) is 4.26. The van der Waals surface area contributed by atoms with Gasteiger partial charge >= 0.3 is 0 Å². The van der Waals surface area contributed by atoms with E-state index < -0.39 is 0 Å². The first kappa shape index (κ1) is 18.3. The Balaban J connectivity index is 1.51. The number of rotatable bonds is 2. The molecular weight excluding hydrogens is 380 g/mol. The summed E-state index contributed by atoms with van der Waals surface area (Å²) in [5, 5.41) is 2.15. The van der Waals surface area contributed by atoms with Crippen molar-refractivity contribution in [1.29, 1.82) is 0 Å². The van der Waals surface area contributed by atoms with Gasteiger partial charge in [-0.1, -0.05) is 18.2 Å². The quantitative estimate of drug-likeness (QED) is 0.312. The van der Waals surface area contributed by atoms with Crippen molar-refractivity contribution in [3.8, 4) is 22.5 Å². The topological polar surface area (TPSA) is 38.9 Å². The first-order chi connectivity index (χ1) is 15.2. The fourth-order valence-electron chi connectivity index (χ4n) is 5.07. The van der Waals surface area contributed by atoms with E-state index in [2.05, 4.69) is 68.4 Å². The Hall–Kier alpha value is -3.46. The zero-order chi connectivity index (χ0) is 20.9. The third-order valence-electron chi connectivity index (χ3n) is 6.62. The molecule has 0 amide bonds. The molecule has 5 aromatic rings. The summed E-state index contributed by atoms with van der Waals surface area (Å²) >= 11 is 0. The molecule has 0 spiro atoms. The van der Waals surface area contributed by atoms with Crippen molar-refractivity contribution in [3.05, 3.63) is 83.0 Å². The van der Waals surface area contributed by atoms with Crippen LogP contribution in [0.1, 0.15) is 35.1 Å². The maximum absolute atomic E-state index is 6.17. The molecule has 152 valence electrons. The van der Waals surface area contributed by atoms with Crippen LogP contribution < -0.4 is 0 Å². The summed E-state index contributed by atoms with van der Waals surface area (Å²) < 4.78 is 6.17. The van der Waals surface area contributed by atoms with Crippen molar-refractivity contribution in [2.24, 2.45) is 0 Å². The van der Waals surface area contributed by atoms with Gasteiger partial charge in [0.1, 0.15) is 5.58 Å². The summed E-state index contributed by atoms with van der Waals surface area (Å²) in [5.41, 5.74) is 11.3. The van der Waals surface area contributed by atoms with E-state index in [4.69, 9.17) is 14.4 Å². The van der Waals surface area contributed by atoms with Gasteiger partial charge in [0.15, 0.2) is 0 Å². The Morgan fingerprint density at radius 3 is 2.55 bits per heavy atom. The second-order valence-electron chi connectivity index (χ2n) is 8.63. The maximum Gasteiger partial charge on any atom is 0.227 e. The standard InChI is InChI=1S/C28H24N2O/c1-17-6-5-7-18(2)26(17)24-12-11-22-23-16-20(10-13-25(23)31-28(22)30-24)27-21-9-4-3-8-19(21)14-15-29-27/h5-7,10-16H,3-4,8-9H2,1-2H3. The van der Waals surface area contributed by atoms with Crippen LogP contribution in [0.3, 0.4) is 0 Å². The van der Waals surface area contributed by atoms with Crippen LogP contribution in [0, 0.1) is 13.8 Å². The van der Waals surface area contributed by atoms with E-state index in [1.54, 1.807) is 0 Å². The highest BCUT2D eigenvalue weighted by Gasteiger charge is 2.17. The molecule has 1 aliphatic carbocycles. The third kappa shape index (κ3) is 2.96. The molecule has 0 atom stereocenters. The van der Waals surface area contributed by atoms with Crippen molar-refractivity contribution < 1.29 is 4.42 Å². The fraction of sp³-hybridized carbons (Fsp3) is 0.214. The van der Waals surface area contributed by atoms with Crippen molar-refractivity contribution in [1.82, 2.24) is 9.97 Å². The van der Waals surface area contributed by atoms with Crippen LogP contribution in [0.4, 0.5) is 0 Å². The molecule has 1 aliphatic rings. The summed E-state index contributed by atoms with van der Waals surface area (Å²) in [7, 11) is 0. The lowest BCUT2D eigenvalue weighted by Gasteiger charge is -2.18. The molecule has 6 rings (SSSR count). The van der Waals surface area contributed by atoms with Crippen LogP contribution in [0.15, 0.2) is 65.2 Å². The zero-order valence-corrected chi connectivity index (χ0v) is 17.9. The average molecular weight is 405 g/mol. The van der Waals surface area contributed by atoms with Crippen molar-refractivity contribution in [3.63, 3.8) is 0 Å². The minimum Gasteiger partial charge on any atom is -0.438 e. The molecule has 0 saturated heterocycles. The summed E-state index contributed by atoms with van der Waals surface area (Å²) in [5.74, 6) is 0. The number of nitrogens with zero attached hydrogens (tertiary/aromatic N) is 2. The van der Waals surface area contributed by atoms with E-state index >= 15 is 0 Å². The van der Waals surface area contributed by atoms with Gasteiger partial charge in [-0.15, -0.1) is 0 Å². The number of fused-ring (bicyclic) bond motifs is 4. The van der Waals surface area contributed by atoms with Gasteiger partial charge < -0.3 is 4.42 Å². The van der Waals surface area contributed by atoms with Crippen molar-refractivity contribution in [2.45, 2.75) is 39.5 Å². The van der Waals surface area contributed by atoms with E-state index in [1.807, 2.05) is 6.20 Å². The minimum absolute atomic E-state index is 0.690. The molecule has 3 heterocycles. The van der Waals surface area contributed by atoms with Gasteiger partial charge in [0, 0.05) is 28.1 Å². The Morgan fingerprint density at radius 1 is 0.839 bits per heavy atom. The van der Waals surface area contributed by atoms with Gasteiger partial charge in [0.25, 0.3) is 0 Å². The summed E-state index contributed by atoms with van der Waals surface area (Å²) in [4.78, 5) is 9.66. The van der Waals surface area contributed by atoms with Gasteiger partial charge in [0.05, 0.1) is 11.4 Å². The van der Waals surface area contributed by atoms with Gasteiger partial charge in [-0.05, 0) is 98.2 Å². The second-order valence-corrected chi connectivity index (χ2v) is 8.63. The molecule has 0 radical (unpaired) electrons. The van der Waals surface area contributed by atoms with Gasteiger partial charge in [-0.2, -0.15) is 0 Å². The molecule has 0 N–H and O–H groups in total. The molecule has 0 aliphatic heterocycles. The summed E-state index contributed by atoms with van der Waals surface area (Å²) in [6.07, 6.45) is 6.75. The number of furan rings is 1. The van der Waals surface area contributed by atoms with Gasteiger partial charge in [-0.3, -0.25) is 4.98 Å². The predicted octanol–water partition coefficient (Wildman–Crippen LogP) is 7.21. The molecule has 0 fully saturated rings. The molecular formula is C28H24N2O. The lowest BCUT2D eigenvalue weighted by Crippen LogP contribution is -2.05. The van der Waals surface area contributed by atoms with Crippen molar-refractivity contribution >= 4 is 22.1 Å². The van der Waals surface area contributed by atoms with Crippen LogP contribution in [-0.2, 0) is 12.8 Å². The average Bonchev–Trinajstić information content (AvgIpc) is 3.15. The number of aryl methyl sites for hydroxylation is 3. The lowest BCUT2D eigenvalue weighted by molar-refractivity contribution is 0.654. The van der Waals surface area contributed by atoms with E-state index in [0.29, 0.717) is 5.71 Å². The van der Waals surface area contributed by atoms with Gasteiger partial charge in [-0.25, -0.2) is 4.98 Å². The smallest absolute Gasteiger partial charge is 0.227 e. The Labute approximate surface area is 181 Å². The minimum atomic E-state index is 0.690. The highest BCUT2D eigenvalue weighted by atomic mass is 16.3. The molecule has 0 bridgehead atoms. The highest BCUT2D eigenvalue weighted by Crippen LogP contribution is 2.36. The number of aromatic nitrogens is 2. The van der Waals surface area contributed by atoms with Crippen LogP contribution in [0.2, 0.25) is 0 Å². The second kappa shape index (κ2) is 7.05. The predicted molar refractivity (Wildman–Crippen MR) is 126 cm³/mol. The largest absolute Gasteiger partial charge is 0.438 e. The number of benzene rings is 2. The zero-order valence-electron chi connectivity index (χ0n) is 17.9. The first-order valence-corrected chi connectivity index (χ1v) is 11.1. The van der Waals surface area contributed by atoms with Crippen LogP contribution in [-0.4, -0.2) is 9.97 Å². The first-order valence-electron chi connectivity index (χ1n) is 11.1. The molecule has 0 saturated carbocycles. The van der Waals surface area contributed by atoms with E-state index in [9.17, 15) is 0 Å². The Morgan fingerprint density at radius 2 is 1.68 bits per heavy atom. The van der Waals surface area contributed by atoms with E-state index in [1.165, 1.54) is 40.7 Å². The van der Waals surface area contributed by atoms with Crippen LogP contribution >= 0.6 is 0 Å². The number of hydrogen-bond acceptors (Lipinski definition) is 3. The SMILES string of the molecule is Cc1cccc(C)c1-c1ccc2c(n1)oc1ccc(-c3nccc4c3CCCC4)cc12. The molecule has 3 aromatic heterocycles. The third-order valence-corrected chi connectivity index (χ3v) is 6.62. The number of hydrogen-bond donors (Lipinski definition) is 0. The van der Waals surface area contributed by atoms with Crippen molar-refractivity contribution in [2.75, 3.05) is 0 Å². The Bertz CT molecular complexity index is 1440. The number of pyridine rings is 2. The highest BCUT2D eigenvalue weighted by molar-refractivity contribution is 6.05. The van der Waals surface area contributed by atoms with E-state index in [-0.39, 0.29) is 0 Å². The lowest BCUT2D eigenvalue weighted by atomic mass is 9.89. The Kier molecular flexibility index (Phi) is 4.17. The molecule has 3 heteroatoms. The molecule has 3 nitrogen and oxygen atoms in total. The van der Waals surface area contributed by atoms with Crippen LogP contribution in [0.5, 0.6) is 0 Å². The molecule has 0 unspecified atom stereocenters. The normalized spacial score (nSPS) is 13.6. The fourth-order valence-corrected chi connectivity index (χ4v) is 5.07. The van der Waals surface area contributed by atoms with Gasteiger partial charge in [0.2, 0.25) is 5.71 Å².